The van der Waals surface area contributed by atoms with Gasteiger partial charge in [-0.1, -0.05) is 18.2 Å². The highest BCUT2D eigenvalue weighted by Crippen LogP contribution is 2.31. The minimum atomic E-state index is -0.560. The molecule has 2 aromatic carbocycles. The van der Waals surface area contributed by atoms with Gasteiger partial charge in [-0.3, -0.25) is 9.59 Å². The molecule has 152 valence electrons. The average Bonchev–Trinajstić information content (AvgIpc) is 2.76. The van der Waals surface area contributed by atoms with Gasteiger partial charge in [0.15, 0.2) is 11.5 Å². The number of nitrogens with zero attached hydrogens (tertiary/aromatic N) is 1. The topological polar surface area (TPSA) is 97.7 Å². The third-order valence-electron chi connectivity index (χ3n) is 4.47. The number of ether oxygens (including phenoxy) is 3. The second-order valence-corrected chi connectivity index (χ2v) is 6.32. The number of esters is 1. The summed E-state index contributed by atoms with van der Waals surface area (Å²) in [5.41, 5.74) is 2.24. The molecule has 0 spiro atoms. The second-order valence-electron chi connectivity index (χ2n) is 6.32. The summed E-state index contributed by atoms with van der Waals surface area (Å²) in [6.07, 6.45) is 0.764. The van der Waals surface area contributed by atoms with Crippen LogP contribution >= 0.6 is 0 Å². The van der Waals surface area contributed by atoms with Crippen molar-refractivity contribution in [3.8, 4) is 17.6 Å². The number of nitrogens with one attached hydrogen (secondary N) is 1. The highest BCUT2D eigenvalue weighted by molar-refractivity contribution is 5.78. The molecule has 29 heavy (non-hydrogen) atoms. The monoisotopic (exact) mass is 396 g/mol. The van der Waals surface area contributed by atoms with Crippen LogP contribution in [0.1, 0.15) is 35.6 Å². The van der Waals surface area contributed by atoms with Crippen LogP contribution in [0.25, 0.3) is 0 Å². The van der Waals surface area contributed by atoms with Crippen molar-refractivity contribution >= 4 is 11.9 Å². The number of hydrogen-bond acceptors (Lipinski definition) is 6. The minimum Gasteiger partial charge on any atom is -0.493 e. The lowest BCUT2D eigenvalue weighted by molar-refractivity contribution is -0.141. The first-order valence-corrected chi connectivity index (χ1v) is 9.07. The molecule has 2 aromatic rings. The highest BCUT2D eigenvalue weighted by Gasteiger charge is 2.20. The van der Waals surface area contributed by atoms with E-state index in [4.69, 9.17) is 19.5 Å². The molecule has 1 atom stereocenters. The Bertz CT molecular complexity index is 887. The van der Waals surface area contributed by atoms with Crippen LogP contribution in [0.3, 0.4) is 0 Å². The van der Waals surface area contributed by atoms with Crippen LogP contribution in [0, 0.1) is 11.3 Å². The molecule has 0 bridgehead atoms. The van der Waals surface area contributed by atoms with Crippen LogP contribution < -0.4 is 14.8 Å². The minimum absolute atomic E-state index is 0.00537. The standard InChI is InChI=1S/C22H24N2O5/c1-27-19-10-9-17(12-20(19)28-2)18(13-22(26)29-3)24-21(25)11-8-15-4-6-16(14-23)7-5-15/h4-7,9-10,12,18H,8,11,13H2,1-3H3,(H,24,25). The zero-order chi connectivity index (χ0) is 21.2. The maximum absolute atomic E-state index is 12.5. The van der Waals surface area contributed by atoms with Gasteiger partial charge in [0.2, 0.25) is 5.91 Å². The normalized spacial score (nSPS) is 11.1. The van der Waals surface area contributed by atoms with E-state index in [1.807, 2.05) is 12.1 Å². The number of nitriles is 1. The molecule has 0 aliphatic heterocycles. The quantitative estimate of drug-likeness (QED) is 0.655. The van der Waals surface area contributed by atoms with E-state index in [1.165, 1.54) is 21.3 Å². The molecule has 2 rings (SSSR count). The Morgan fingerprint density at radius 3 is 2.31 bits per heavy atom. The molecule has 1 amide bonds. The lowest BCUT2D eigenvalue weighted by atomic mass is 10.0. The molecule has 0 aromatic heterocycles. The van der Waals surface area contributed by atoms with E-state index in [0.29, 0.717) is 29.0 Å². The van der Waals surface area contributed by atoms with E-state index < -0.39 is 12.0 Å². The van der Waals surface area contributed by atoms with Crippen LogP contribution in [0.4, 0.5) is 0 Å². The maximum Gasteiger partial charge on any atom is 0.307 e. The zero-order valence-corrected chi connectivity index (χ0v) is 16.7. The molecule has 0 fully saturated rings. The van der Waals surface area contributed by atoms with Crippen LogP contribution in [0.5, 0.6) is 11.5 Å². The van der Waals surface area contributed by atoms with Crippen molar-refractivity contribution in [1.82, 2.24) is 5.32 Å². The highest BCUT2D eigenvalue weighted by atomic mass is 16.5. The van der Waals surface area contributed by atoms with E-state index in [-0.39, 0.29) is 18.7 Å². The van der Waals surface area contributed by atoms with E-state index in [0.717, 1.165) is 5.56 Å². The summed E-state index contributed by atoms with van der Waals surface area (Å²) in [4.78, 5) is 24.3. The van der Waals surface area contributed by atoms with E-state index in [9.17, 15) is 9.59 Å². The number of aryl methyl sites for hydroxylation is 1. The van der Waals surface area contributed by atoms with Gasteiger partial charge in [-0.05, 0) is 41.8 Å². The van der Waals surface area contributed by atoms with Crippen LogP contribution in [-0.4, -0.2) is 33.2 Å². The lowest BCUT2D eigenvalue weighted by Crippen LogP contribution is -2.30. The third-order valence-corrected chi connectivity index (χ3v) is 4.47. The Kier molecular flexibility index (Phi) is 8.04. The molecular weight excluding hydrogens is 372 g/mol. The number of rotatable bonds is 9. The lowest BCUT2D eigenvalue weighted by Gasteiger charge is -2.20. The van der Waals surface area contributed by atoms with Crippen molar-refractivity contribution in [2.24, 2.45) is 0 Å². The molecule has 7 nitrogen and oxygen atoms in total. The summed E-state index contributed by atoms with van der Waals surface area (Å²) in [5, 5.41) is 11.7. The average molecular weight is 396 g/mol. The Balaban J connectivity index is 2.10. The van der Waals surface area contributed by atoms with Gasteiger partial charge in [-0.25, -0.2) is 0 Å². The first-order chi connectivity index (χ1) is 14.0. The summed E-state index contributed by atoms with van der Waals surface area (Å²) in [6, 6.07) is 13.8. The van der Waals surface area contributed by atoms with Crippen LogP contribution in [0.15, 0.2) is 42.5 Å². The predicted molar refractivity (Wildman–Crippen MR) is 107 cm³/mol. The zero-order valence-electron chi connectivity index (χ0n) is 16.7. The molecule has 0 aliphatic carbocycles. The van der Waals surface area contributed by atoms with Gasteiger partial charge in [-0.2, -0.15) is 5.26 Å². The fourth-order valence-corrected chi connectivity index (χ4v) is 2.84. The van der Waals surface area contributed by atoms with E-state index in [1.54, 1.807) is 30.3 Å². The van der Waals surface area contributed by atoms with Crippen molar-refractivity contribution in [2.45, 2.75) is 25.3 Å². The number of carbonyl (C=O) groups is 2. The Labute approximate surface area is 170 Å². The molecule has 1 N–H and O–H groups in total. The number of methoxy groups -OCH3 is 3. The SMILES string of the molecule is COC(=O)CC(NC(=O)CCc1ccc(C#N)cc1)c1ccc(OC)c(OC)c1. The first-order valence-electron chi connectivity index (χ1n) is 9.07. The van der Waals surface area contributed by atoms with Crippen molar-refractivity contribution in [3.05, 3.63) is 59.2 Å². The van der Waals surface area contributed by atoms with Gasteiger partial charge in [-0.15, -0.1) is 0 Å². The van der Waals surface area contributed by atoms with Gasteiger partial charge >= 0.3 is 5.97 Å². The second kappa shape index (κ2) is 10.7. The van der Waals surface area contributed by atoms with Gasteiger partial charge < -0.3 is 19.5 Å². The van der Waals surface area contributed by atoms with Crippen molar-refractivity contribution < 1.29 is 23.8 Å². The Morgan fingerprint density at radius 2 is 1.72 bits per heavy atom. The van der Waals surface area contributed by atoms with Gasteiger partial charge in [0, 0.05) is 6.42 Å². The Hall–Kier alpha value is -3.53. The number of benzene rings is 2. The smallest absolute Gasteiger partial charge is 0.307 e. The molecule has 7 heteroatoms. The van der Waals surface area contributed by atoms with E-state index >= 15 is 0 Å². The van der Waals surface area contributed by atoms with Gasteiger partial charge in [0.25, 0.3) is 0 Å². The maximum atomic E-state index is 12.5. The summed E-state index contributed by atoms with van der Waals surface area (Å²) < 4.78 is 15.3. The third kappa shape index (κ3) is 6.25. The molecule has 1 unspecified atom stereocenters. The molecule has 0 saturated heterocycles. The summed E-state index contributed by atoms with van der Waals surface area (Å²) in [6.45, 7) is 0. The number of carbonyl (C=O) groups excluding carboxylic acids is 2. The summed E-state index contributed by atoms with van der Waals surface area (Å²) in [7, 11) is 4.36. The number of amides is 1. The molecule has 0 radical (unpaired) electrons. The fraction of sp³-hybridized carbons (Fsp3) is 0.318. The largest absolute Gasteiger partial charge is 0.493 e. The number of hydrogen-bond donors (Lipinski definition) is 1. The molecule has 0 saturated carbocycles. The predicted octanol–water partition coefficient (Wildman–Crippen LogP) is 2.93. The van der Waals surface area contributed by atoms with E-state index in [2.05, 4.69) is 11.4 Å². The molecular formula is C22H24N2O5. The summed E-state index contributed by atoms with van der Waals surface area (Å²) >= 11 is 0. The van der Waals surface area contributed by atoms with Crippen molar-refractivity contribution in [1.29, 1.82) is 5.26 Å². The Morgan fingerprint density at radius 1 is 1.03 bits per heavy atom. The van der Waals surface area contributed by atoms with Gasteiger partial charge in [0.1, 0.15) is 0 Å². The van der Waals surface area contributed by atoms with Crippen LogP contribution in [0.2, 0.25) is 0 Å². The molecule has 0 heterocycles. The van der Waals surface area contributed by atoms with Gasteiger partial charge in [0.05, 0.1) is 45.4 Å². The first kappa shape index (κ1) is 21.8. The fourth-order valence-electron chi connectivity index (χ4n) is 2.84. The summed E-state index contributed by atoms with van der Waals surface area (Å²) in [5.74, 6) is 0.433. The van der Waals surface area contributed by atoms with Crippen molar-refractivity contribution in [2.75, 3.05) is 21.3 Å². The van der Waals surface area contributed by atoms with Crippen LogP contribution in [-0.2, 0) is 20.7 Å². The molecule has 0 aliphatic rings. The van der Waals surface area contributed by atoms with Crippen molar-refractivity contribution in [3.63, 3.8) is 0 Å².